The molecule has 0 unspecified atom stereocenters. The number of nitrogens with zero attached hydrogens (tertiary/aromatic N) is 4. The highest BCUT2D eigenvalue weighted by atomic mass is 15.0. The molecular formula is C56H38N4. The van der Waals surface area contributed by atoms with E-state index in [4.69, 9.17) is 15.0 Å². The Labute approximate surface area is 348 Å². The molecule has 60 heavy (non-hydrogen) atoms. The van der Waals surface area contributed by atoms with Gasteiger partial charge in [0.15, 0.2) is 17.5 Å². The van der Waals surface area contributed by atoms with E-state index in [0.29, 0.717) is 17.5 Å². The van der Waals surface area contributed by atoms with E-state index < -0.39 is 0 Å². The molecule has 0 atom stereocenters. The molecule has 2 aromatic heterocycles. The lowest BCUT2D eigenvalue weighted by Crippen LogP contribution is -2.15. The van der Waals surface area contributed by atoms with Crippen LogP contribution in [0.1, 0.15) is 25.0 Å². The molecule has 0 amide bonds. The zero-order chi connectivity index (χ0) is 40.0. The molecule has 11 aromatic rings. The zero-order valence-electron chi connectivity index (χ0n) is 33.3. The lowest BCUT2D eigenvalue weighted by molar-refractivity contribution is 0.661. The molecule has 4 nitrogen and oxygen atoms in total. The Balaban J connectivity index is 1.15. The van der Waals surface area contributed by atoms with Crippen molar-refractivity contribution in [3.63, 3.8) is 0 Å². The van der Waals surface area contributed by atoms with Gasteiger partial charge in [0.1, 0.15) is 0 Å². The summed E-state index contributed by atoms with van der Waals surface area (Å²) < 4.78 is 2.44. The molecule has 1 aliphatic rings. The minimum Gasteiger partial charge on any atom is -0.309 e. The molecule has 0 saturated carbocycles. The summed E-state index contributed by atoms with van der Waals surface area (Å²) in [7, 11) is 0. The fourth-order valence-electron chi connectivity index (χ4n) is 9.69. The fraction of sp³-hybridized carbons (Fsp3) is 0.0536. The van der Waals surface area contributed by atoms with Gasteiger partial charge in [-0.1, -0.05) is 172 Å². The molecule has 4 heteroatoms. The minimum absolute atomic E-state index is 0.140. The highest BCUT2D eigenvalue weighted by molar-refractivity contribution is 6.12. The quantitative estimate of drug-likeness (QED) is 0.175. The van der Waals surface area contributed by atoms with Gasteiger partial charge < -0.3 is 4.57 Å². The van der Waals surface area contributed by atoms with Crippen LogP contribution < -0.4 is 0 Å². The molecule has 0 saturated heterocycles. The largest absolute Gasteiger partial charge is 0.309 e. The van der Waals surface area contributed by atoms with E-state index in [2.05, 4.69) is 213 Å². The summed E-state index contributed by atoms with van der Waals surface area (Å²) >= 11 is 0. The maximum atomic E-state index is 5.37. The standard InChI is InChI=1S/C56H38N4/c1-56(2)49-28-12-10-24-43(49)47-33-48-44-25-11-13-29-51(44)60(52(48)34-50(47)56)40-31-38(35-16-4-3-5-17-35)30-39(32-40)53-57-54(45-26-14-20-36-18-6-8-22-41(36)45)59-55(58-53)46-27-15-21-37-19-7-9-23-42(37)46/h3-34H,1-2H3. The molecule has 0 radical (unpaired) electrons. The molecule has 0 bridgehead atoms. The summed E-state index contributed by atoms with van der Waals surface area (Å²) in [4.78, 5) is 16.0. The Morgan fingerprint density at radius 1 is 0.350 bits per heavy atom. The predicted molar refractivity (Wildman–Crippen MR) is 248 cm³/mol. The first-order chi connectivity index (χ1) is 29.5. The van der Waals surface area contributed by atoms with Crippen molar-refractivity contribution in [2.24, 2.45) is 0 Å². The van der Waals surface area contributed by atoms with E-state index >= 15 is 0 Å². The van der Waals surface area contributed by atoms with Gasteiger partial charge in [-0.15, -0.1) is 0 Å². The highest BCUT2D eigenvalue weighted by Crippen LogP contribution is 2.51. The van der Waals surface area contributed by atoms with Gasteiger partial charge in [0.25, 0.3) is 0 Å². The zero-order valence-corrected chi connectivity index (χ0v) is 33.3. The molecule has 0 spiro atoms. The van der Waals surface area contributed by atoms with Gasteiger partial charge in [-0.3, -0.25) is 0 Å². The number of fused-ring (bicyclic) bond motifs is 8. The fourth-order valence-corrected chi connectivity index (χ4v) is 9.69. The van der Waals surface area contributed by atoms with Crippen molar-refractivity contribution < 1.29 is 0 Å². The van der Waals surface area contributed by atoms with Crippen molar-refractivity contribution in [2.75, 3.05) is 0 Å². The highest BCUT2D eigenvalue weighted by Gasteiger charge is 2.36. The first kappa shape index (κ1) is 34.4. The van der Waals surface area contributed by atoms with Crippen LogP contribution >= 0.6 is 0 Å². The summed E-state index contributed by atoms with van der Waals surface area (Å²) in [6.07, 6.45) is 0. The second-order valence-corrected chi connectivity index (χ2v) is 16.4. The van der Waals surface area contributed by atoms with Gasteiger partial charge in [0.2, 0.25) is 0 Å². The summed E-state index contributed by atoms with van der Waals surface area (Å²) in [5.74, 6) is 1.90. The van der Waals surface area contributed by atoms with E-state index in [1.54, 1.807) is 0 Å². The molecule has 0 aliphatic heterocycles. The average molecular weight is 767 g/mol. The lowest BCUT2D eigenvalue weighted by Gasteiger charge is -2.22. The topological polar surface area (TPSA) is 43.6 Å². The second-order valence-electron chi connectivity index (χ2n) is 16.4. The number of hydrogen-bond acceptors (Lipinski definition) is 3. The Bertz CT molecular complexity index is 3410. The van der Waals surface area contributed by atoms with E-state index in [0.717, 1.165) is 60.6 Å². The van der Waals surface area contributed by atoms with E-state index in [-0.39, 0.29) is 5.41 Å². The Hall–Kier alpha value is -7.69. The molecule has 9 aromatic carbocycles. The van der Waals surface area contributed by atoms with Crippen molar-refractivity contribution in [1.82, 2.24) is 19.5 Å². The van der Waals surface area contributed by atoms with Crippen molar-refractivity contribution in [3.05, 3.63) is 205 Å². The minimum atomic E-state index is -0.140. The van der Waals surface area contributed by atoms with E-state index in [1.807, 2.05) is 0 Å². The number of hydrogen-bond donors (Lipinski definition) is 0. The first-order valence-electron chi connectivity index (χ1n) is 20.6. The smallest absolute Gasteiger partial charge is 0.164 e. The molecule has 1 aliphatic carbocycles. The van der Waals surface area contributed by atoms with Crippen LogP contribution in [0.25, 0.3) is 105 Å². The maximum absolute atomic E-state index is 5.37. The normalized spacial score (nSPS) is 13.0. The van der Waals surface area contributed by atoms with Crippen LogP contribution in [-0.2, 0) is 5.41 Å². The third kappa shape index (κ3) is 5.27. The van der Waals surface area contributed by atoms with E-state index in [1.165, 1.54) is 38.5 Å². The van der Waals surface area contributed by atoms with Gasteiger partial charge in [0, 0.05) is 38.6 Å². The van der Waals surface area contributed by atoms with Crippen molar-refractivity contribution in [1.29, 1.82) is 0 Å². The van der Waals surface area contributed by atoms with Crippen LogP contribution in [0, 0.1) is 0 Å². The van der Waals surface area contributed by atoms with Gasteiger partial charge in [-0.05, 0) is 91.3 Å². The molecule has 12 rings (SSSR count). The molecular weight excluding hydrogens is 729 g/mol. The van der Waals surface area contributed by atoms with Crippen LogP contribution in [-0.4, -0.2) is 19.5 Å². The van der Waals surface area contributed by atoms with Crippen molar-refractivity contribution >= 4 is 43.4 Å². The van der Waals surface area contributed by atoms with Gasteiger partial charge in [0.05, 0.1) is 11.0 Å². The Kier molecular flexibility index (Phi) is 7.54. The third-order valence-electron chi connectivity index (χ3n) is 12.6. The van der Waals surface area contributed by atoms with Crippen LogP contribution in [0.3, 0.4) is 0 Å². The third-order valence-corrected chi connectivity index (χ3v) is 12.6. The maximum Gasteiger partial charge on any atom is 0.164 e. The summed E-state index contributed by atoms with van der Waals surface area (Å²) in [5, 5.41) is 6.94. The SMILES string of the molecule is CC1(C)c2ccccc2-c2cc3c4ccccc4n(-c4cc(-c5ccccc5)cc(-c5nc(-c6cccc7ccccc67)nc(-c6cccc7ccccc67)n5)c4)c3cc21. The second kappa shape index (κ2) is 13.2. The van der Waals surface area contributed by atoms with Crippen LogP contribution in [0.2, 0.25) is 0 Å². The van der Waals surface area contributed by atoms with Crippen molar-refractivity contribution in [3.8, 4) is 62.1 Å². The first-order valence-corrected chi connectivity index (χ1v) is 20.6. The summed E-state index contributed by atoms with van der Waals surface area (Å²) in [6.45, 7) is 4.71. The summed E-state index contributed by atoms with van der Waals surface area (Å²) in [6, 6.07) is 69.6. The van der Waals surface area contributed by atoms with E-state index in [9.17, 15) is 0 Å². The number of aromatic nitrogens is 4. The van der Waals surface area contributed by atoms with Crippen LogP contribution in [0.15, 0.2) is 194 Å². The molecule has 0 N–H and O–H groups in total. The number of rotatable bonds is 5. The average Bonchev–Trinajstić information content (AvgIpc) is 3.75. The van der Waals surface area contributed by atoms with Crippen molar-refractivity contribution in [2.45, 2.75) is 19.3 Å². The molecule has 2 heterocycles. The number of benzene rings is 9. The number of para-hydroxylation sites is 1. The van der Waals surface area contributed by atoms with Gasteiger partial charge in [-0.2, -0.15) is 0 Å². The van der Waals surface area contributed by atoms with Gasteiger partial charge >= 0.3 is 0 Å². The Morgan fingerprint density at radius 2 is 0.900 bits per heavy atom. The summed E-state index contributed by atoms with van der Waals surface area (Å²) in [5.41, 5.74) is 13.7. The monoisotopic (exact) mass is 766 g/mol. The van der Waals surface area contributed by atoms with Crippen LogP contribution in [0.4, 0.5) is 0 Å². The molecule has 0 fully saturated rings. The van der Waals surface area contributed by atoms with Crippen LogP contribution in [0.5, 0.6) is 0 Å². The van der Waals surface area contributed by atoms with Gasteiger partial charge in [-0.25, -0.2) is 15.0 Å². The Morgan fingerprint density at radius 3 is 1.62 bits per heavy atom. The molecule has 282 valence electrons. The predicted octanol–water partition coefficient (Wildman–Crippen LogP) is 14.2. The lowest BCUT2D eigenvalue weighted by atomic mass is 9.82.